The van der Waals surface area contributed by atoms with Crippen molar-refractivity contribution in [2.75, 3.05) is 24.8 Å². The van der Waals surface area contributed by atoms with Crippen molar-refractivity contribution in [3.63, 3.8) is 0 Å². The first-order valence-electron chi connectivity index (χ1n) is 5.65. The van der Waals surface area contributed by atoms with Gasteiger partial charge in [0.25, 0.3) is 0 Å². The highest BCUT2D eigenvalue weighted by molar-refractivity contribution is 6.31. The third-order valence-corrected chi connectivity index (χ3v) is 3.16. The number of methoxy groups -OCH3 is 1. The van der Waals surface area contributed by atoms with E-state index in [0.717, 1.165) is 11.4 Å². The minimum atomic E-state index is -0.499. The second-order valence-electron chi connectivity index (χ2n) is 4.09. The normalized spacial score (nSPS) is 10.3. The van der Waals surface area contributed by atoms with Crippen LogP contribution in [0.15, 0.2) is 36.4 Å². The lowest BCUT2D eigenvalue weighted by Crippen LogP contribution is -2.12. The van der Waals surface area contributed by atoms with E-state index in [-0.39, 0.29) is 5.02 Å². The molecule has 0 fully saturated rings. The lowest BCUT2D eigenvalue weighted by Gasteiger charge is -2.22. The summed E-state index contributed by atoms with van der Waals surface area (Å²) in [6.45, 7) is 0. The number of benzene rings is 2. The molecule has 0 radical (unpaired) electrons. The van der Waals surface area contributed by atoms with Gasteiger partial charge in [0.15, 0.2) is 0 Å². The molecule has 5 heteroatoms. The number of nitrogens with two attached hydrogens (primary N) is 1. The predicted molar refractivity (Wildman–Crippen MR) is 76.9 cm³/mol. The topological polar surface area (TPSA) is 38.5 Å². The monoisotopic (exact) mass is 280 g/mol. The van der Waals surface area contributed by atoms with Crippen molar-refractivity contribution < 1.29 is 9.13 Å². The van der Waals surface area contributed by atoms with Gasteiger partial charge in [-0.1, -0.05) is 17.7 Å². The quantitative estimate of drug-likeness (QED) is 0.868. The molecule has 0 aliphatic rings. The van der Waals surface area contributed by atoms with Crippen LogP contribution in [0.1, 0.15) is 0 Å². The highest BCUT2D eigenvalue weighted by Crippen LogP contribution is 2.33. The van der Waals surface area contributed by atoms with Crippen molar-refractivity contribution in [3.05, 3.63) is 47.2 Å². The molecule has 100 valence electrons. The molecule has 0 bridgehead atoms. The molecule has 0 aliphatic carbocycles. The zero-order valence-electron chi connectivity index (χ0n) is 10.7. The molecule has 2 aromatic rings. The summed E-state index contributed by atoms with van der Waals surface area (Å²) in [7, 11) is 3.39. The first-order valence-corrected chi connectivity index (χ1v) is 6.03. The zero-order valence-corrected chi connectivity index (χ0v) is 11.4. The summed E-state index contributed by atoms with van der Waals surface area (Å²) >= 11 is 5.69. The standard InChI is InChI=1S/C14H14ClFN2O/c1-18(9-4-3-5-10(6-9)19-2)14-8-12(16)11(15)7-13(14)17/h3-8H,17H2,1-2H3. The van der Waals surface area contributed by atoms with Crippen LogP contribution in [0.25, 0.3) is 0 Å². The SMILES string of the molecule is COc1cccc(N(C)c2cc(F)c(Cl)cc2N)c1. The van der Waals surface area contributed by atoms with Gasteiger partial charge in [-0.3, -0.25) is 0 Å². The number of hydrogen-bond acceptors (Lipinski definition) is 3. The third-order valence-electron chi connectivity index (χ3n) is 2.87. The number of hydrogen-bond donors (Lipinski definition) is 1. The summed E-state index contributed by atoms with van der Waals surface area (Å²) in [6.07, 6.45) is 0. The van der Waals surface area contributed by atoms with E-state index >= 15 is 0 Å². The van der Waals surface area contributed by atoms with E-state index in [1.54, 1.807) is 19.1 Å². The summed E-state index contributed by atoms with van der Waals surface area (Å²) in [5.74, 6) is 0.220. The van der Waals surface area contributed by atoms with Crippen LogP contribution in [0.4, 0.5) is 21.5 Å². The molecule has 2 rings (SSSR count). The Morgan fingerprint density at radius 3 is 2.68 bits per heavy atom. The van der Waals surface area contributed by atoms with E-state index < -0.39 is 5.82 Å². The number of anilines is 3. The van der Waals surface area contributed by atoms with E-state index in [0.29, 0.717) is 11.4 Å². The van der Waals surface area contributed by atoms with Crippen molar-refractivity contribution in [3.8, 4) is 5.75 Å². The second-order valence-corrected chi connectivity index (χ2v) is 4.49. The molecule has 19 heavy (non-hydrogen) atoms. The fourth-order valence-corrected chi connectivity index (χ4v) is 1.97. The van der Waals surface area contributed by atoms with Crippen LogP contribution in [0, 0.1) is 5.82 Å². The maximum Gasteiger partial charge on any atom is 0.144 e. The molecule has 2 aromatic carbocycles. The van der Waals surface area contributed by atoms with Crippen LogP contribution in [0.5, 0.6) is 5.75 Å². The minimum Gasteiger partial charge on any atom is -0.497 e. The van der Waals surface area contributed by atoms with Crippen LogP contribution >= 0.6 is 11.6 Å². The Kier molecular flexibility index (Phi) is 3.81. The Morgan fingerprint density at radius 1 is 1.26 bits per heavy atom. The number of halogens is 2. The van der Waals surface area contributed by atoms with Gasteiger partial charge in [-0.2, -0.15) is 0 Å². The fraction of sp³-hybridized carbons (Fsp3) is 0.143. The van der Waals surface area contributed by atoms with Gasteiger partial charge in [0.05, 0.1) is 23.5 Å². The molecule has 0 saturated carbocycles. The Hall–Kier alpha value is -1.94. The molecule has 0 saturated heterocycles. The summed E-state index contributed by atoms with van der Waals surface area (Å²) in [6, 6.07) is 10.1. The lowest BCUT2D eigenvalue weighted by molar-refractivity contribution is 0.415. The largest absolute Gasteiger partial charge is 0.497 e. The van der Waals surface area contributed by atoms with Crippen LogP contribution in [0.2, 0.25) is 5.02 Å². The first kappa shape index (κ1) is 13.5. The highest BCUT2D eigenvalue weighted by atomic mass is 35.5. The van der Waals surface area contributed by atoms with Crippen LogP contribution in [-0.4, -0.2) is 14.2 Å². The molecule has 0 heterocycles. The van der Waals surface area contributed by atoms with E-state index in [4.69, 9.17) is 22.1 Å². The average molecular weight is 281 g/mol. The molecule has 2 N–H and O–H groups in total. The number of rotatable bonds is 3. The summed E-state index contributed by atoms with van der Waals surface area (Å²) < 4.78 is 18.7. The van der Waals surface area contributed by atoms with Crippen molar-refractivity contribution in [2.45, 2.75) is 0 Å². The van der Waals surface area contributed by atoms with Gasteiger partial charge in [-0.25, -0.2) is 4.39 Å². The van der Waals surface area contributed by atoms with Crippen LogP contribution in [-0.2, 0) is 0 Å². The molecule has 0 amide bonds. The Balaban J connectivity index is 2.43. The number of ether oxygens (including phenoxy) is 1. The molecule has 0 atom stereocenters. The zero-order chi connectivity index (χ0) is 14.0. The van der Waals surface area contributed by atoms with Gasteiger partial charge in [0.1, 0.15) is 11.6 Å². The average Bonchev–Trinajstić information content (AvgIpc) is 2.42. The second kappa shape index (κ2) is 5.36. The third kappa shape index (κ3) is 2.74. The predicted octanol–water partition coefficient (Wildman–Crippen LogP) is 3.84. The smallest absolute Gasteiger partial charge is 0.144 e. The first-order chi connectivity index (χ1) is 9.02. The fourth-order valence-electron chi connectivity index (χ4n) is 1.80. The summed E-state index contributed by atoms with van der Waals surface area (Å²) in [4.78, 5) is 1.78. The van der Waals surface area contributed by atoms with Crippen molar-refractivity contribution in [1.82, 2.24) is 0 Å². The molecular formula is C14H14ClFN2O. The molecule has 0 aromatic heterocycles. The molecule has 0 spiro atoms. The Bertz CT molecular complexity index is 604. The Morgan fingerprint density at radius 2 is 2.00 bits per heavy atom. The molecule has 0 aliphatic heterocycles. The van der Waals surface area contributed by atoms with Crippen LogP contribution in [0.3, 0.4) is 0 Å². The van der Waals surface area contributed by atoms with Crippen LogP contribution < -0.4 is 15.4 Å². The van der Waals surface area contributed by atoms with Crippen molar-refractivity contribution >= 4 is 28.7 Å². The molecule has 0 unspecified atom stereocenters. The van der Waals surface area contributed by atoms with E-state index in [2.05, 4.69) is 0 Å². The number of nitrogens with zero attached hydrogens (tertiary/aromatic N) is 1. The molecule has 3 nitrogen and oxygen atoms in total. The minimum absolute atomic E-state index is 0.0142. The van der Waals surface area contributed by atoms with Gasteiger partial charge in [-0.15, -0.1) is 0 Å². The van der Waals surface area contributed by atoms with E-state index in [1.807, 2.05) is 24.3 Å². The van der Waals surface area contributed by atoms with Crippen molar-refractivity contribution in [2.24, 2.45) is 0 Å². The summed E-state index contributed by atoms with van der Waals surface area (Å²) in [5.41, 5.74) is 7.68. The van der Waals surface area contributed by atoms with Gasteiger partial charge >= 0.3 is 0 Å². The van der Waals surface area contributed by atoms with Gasteiger partial charge < -0.3 is 15.4 Å². The number of nitrogen functional groups attached to an aromatic ring is 1. The van der Waals surface area contributed by atoms with Gasteiger partial charge in [0, 0.05) is 24.9 Å². The van der Waals surface area contributed by atoms with Gasteiger partial charge in [-0.05, 0) is 18.2 Å². The van der Waals surface area contributed by atoms with Gasteiger partial charge in [0.2, 0.25) is 0 Å². The summed E-state index contributed by atoms with van der Waals surface area (Å²) in [5, 5.41) is 0.0142. The van der Waals surface area contributed by atoms with E-state index in [1.165, 1.54) is 12.1 Å². The molecular weight excluding hydrogens is 267 g/mol. The maximum atomic E-state index is 13.5. The highest BCUT2D eigenvalue weighted by Gasteiger charge is 2.12. The Labute approximate surface area is 116 Å². The van der Waals surface area contributed by atoms with E-state index in [9.17, 15) is 4.39 Å². The lowest BCUT2D eigenvalue weighted by atomic mass is 10.2. The maximum absolute atomic E-state index is 13.5. The van der Waals surface area contributed by atoms with Crippen molar-refractivity contribution in [1.29, 1.82) is 0 Å².